The van der Waals surface area contributed by atoms with Crippen molar-refractivity contribution < 1.29 is 0 Å². The van der Waals surface area contributed by atoms with Crippen molar-refractivity contribution in [3.8, 4) is 0 Å². The minimum absolute atomic E-state index is 0.760. The molecule has 0 amide bonds. The van der Waals surface area contributed by atoms with Crippen molar-refractivity contribution in [1.82, 2.24) is 0 Å². The lowest BCUT2D eigenvalue weighted by Gasteiger charge is -2.11. The molecule has 0 aliphatic carbocycles. The molecule has 18 heavy (non-hydrogen) atoms. The number of aryl methyl sites for hydroxylation is 1. The molecule has 102 valence electrons. The van der Waals surface area contributed by atoms with E-state index in [-0.39, 0.29) is 0 Å². The highest BCUT2D eigenvalue weighted by Gasteiger charge is 2.03. The van der Waals surface area contributed by atoms with Gasteiger partial charge in [0.25, 0.3) is 0 Å². The lowest BCUT2D eigenvalue weighted by atomic mass is 9.94. The van der Waals surface area contributed by atoms with Crippen LogP contribution in [0.15, 0.2) is 24.3 Å². The van der Waals surface area contributed by atoms with Gasteiger partial charge in [-0.25, -0.2) is 0 Å². The maximum absolute atomic E-state index is 2.32. The van der Waals surface area contributed by atoms with Gasteiger partial charge >= 0.3 is 0 Å². The largest absolute Gasteiger partial charge is 0.0654 e. The predicted octanol–water partition coefficient (Wildman–Crippen LogP) is 5.79. The number of hydrogen-bond donors (Lipinski definition) is 0. The molecule has 0 bridgehead atoms. The fraction of sp³-hybridized carbons (Fsp3) is 0.667. The molecule has 0 aliphatic heterocycles. The summed E-state index contributed by atoms with van der Waals surface area (Å²) in [6, 6.07) is 9.01. The lowest BCUT2D eigenvalue weighted by Crippen LogP contribution is -1.99. The molecule has 1 rings (SSSR count). The summed E-state index contributed by atoms with van der Waals surface area (Å²) in [7, 11) is 0. The van der Waals surface area contributed by atoms with Crippen molar-refractivity contribution in [2.75, 3.05) is 0 Å². The fourth-order valence-electron chi connectivity index (χ4n) is 2.54. The van der Waals surface area contributed by atoms with E-state index < -0.39 is 0 Å². The van der Waals surface area contributed by atoms with Crippen molar-refractivity contribution in [1.29, 1.82) is 0 Å². The quantitative estimate of drug-likeness (QED) is 0.484. The molecule has 0 heteroatoms. The third-order valence-corrected chi connectivity index (χ3v) is 3.55. The molecule has 1 aromatic carbocycles. The molecular weight excluding hydrogens is 216 g/mol. The van der Waals surface area contributed by atoms with Gasteiger partial charge in [0.15, 0.2) is 0 Å². The Labute approximate surface area is 114 Å². The fourth-order valence-corrected chi connectivity index (χ4v) is 2.54. The summed E-state index contributed by atoms with van der Waals surface area (Å²) in [6.45, 7) is 6.89. The number of benzene rings is 1. The summed E-state index contributed by atoms with van der Waals surface area (Å²) >= 11 is 0. The van der Waals surface area contributed by atoms with Crippen LogP contribution < -0.4 is 0 Å². The summed E-state index contributed by atoms with van der Waals surface area (Å²) in [5, 5.41) is 0. The molecule has 0 nitrogen and oxygen atoms in total. The Morgan fingerprint density at radius 2 is 1.44 bits per heavy atom. The first-order chi connectivity index (χ1) is 8.74. The average Bonchev–Trinajstić information content (AvgIpc) is 2.35. The van der Waals surface area contributed by atoms with Gasteiger partial charge in [0.2, 0.25) is 0 Å². The second-order valence-electron chi connectivity index (χ2n) is 5.88. The van der Waals surface area contributed by atoms with E-state index in [0.717, 1.165) is 5.92 Å². The Kier molecular flexibility index (Phi) is 7.80. The Morgan fingerprint density at radius 1 is 0.833 bits per heavy atom. The summed E-state index contributed by atoms with van der Waals surface area (Å²) in [5.74, 6) is 0.760. The smallest absolute Gasteiger partial charge is 0.0253 e. The van der Waals surface area contributed by atoms with Crippen LogP contribution in [0.5, 0.6) is 0 Å². The predicted molar refractivity (Wildman–Crippen MR) is 82.1 cm³/mol. The molecule has 0 saturated carbocycles. The maximum atomic E-state index is 2.32. The lowest BCUT2D eigenvalue weighted by molar-refractivity contribution is 0.602. The zero-order chi connectivity index (χ0) is 13.2. The van der Waals surface area contributed by atoms with E-state index in [1.54, 1.807) is 11.1 Å². The number of unbranched alkanes of at least 4 members (excludes halogenated alkanes) is 5. The molecule has 0 radical (unpaired) electrons. The molecule has 0 fully saturated rings. The molecule has 0 saturated heterocycles. The van der Waals surface area contributed by atoms with Crippen molar-refractivity contribution in [3.63, 3.8) is 0 Å². The van der Waals surface area contributed by atoms with Crippen LogP contribution >= 0.6 is 0 Å². The topological polar surface area (TPSA) is 0 Å². The summed E-state index contributed by atoms with van der Waals surface area (Å²) < 4.78 is 0. The molecular formula is C18H30. The van der Waals surface area contributed by atoms with E-state index in [1.807, 2.05) is 0 Å². The van der Waals surface area contributed by atoms with E-state index in [1.165, 1.54) is 51.4 Å². The molecule has 0 N–H and O–H groups in total. The number of hydrogen-bond acceptors (Lipinski definition) is 0. The van der Waals surface area contributed by atoms with Crippen molar-refractivity contribution in [3.05, 3.63) is 35.4 Å². The van der Waals surface area contributed by atoms with E-state index >= 15 is 0 Å². The first kappa shape index (κ1) is 15.3. The molecule has 0 heterocycles. The molecule has 0 atom stereocenters. The third-order valence-electron chi connectivity index (χ3n) is 3.55. The SMILES string of the molecule is CCCCCCCCc1ccccc1CC(C)C. The van der Waals surface area contributed by atoms with E-state index in [2.05, 4.69) is 45.0 Å². The van der Waals surface area contributed by atoms with E-state index in [9.17, 15) is 0 Å². The van der Waals surface area contributed by atoms with Crippen LogP contribution in [0.1, 0.15) is 70.4 Å². The normalized spacial score (nSPS) is 11.1. The highest BCUT2D eigenvalue weighted by Crippen LogP contribution is 2.17. The van der Waals surface area contributed by atoms with Gasteiger partial charge < -0.3 is 0 Å². The van der Waals surface area contributed by atoms with Gasteiger partial charge in [-0.2, -0.15) is 0 Å². The van der Waals surface area contributed by atoms with Crippen LogP contribution in [0.25, 0.3) is 0 Å². The minimum Gasteiger partial charge on any atom is -0.0654 e. The van der Waals surface area contributed by atoms with Crippen molar-refractivity contribution in [2.45, 2.75) is 72.1 Å². The first-order valence-electron chi connectivity index (χ1n) is 7.80. The van der Waals surface area contributed by atoms with Crippen LogP contribution in [-0.2, 0) is 12.8 Å². The summed E-state index contributed by atoms with van der Waals surface area (Å²) in [6.07, 6.45) is 10.8. The average molecular weight is 246 g/mol. The zero-order valence-electron chi connectivity index (χ0n) is 12.5. The Hall–Kier alpha value is -0.780. The van der Waals surface area contributed by atoms with Gasteiger partial charge in [0.05, 0.1) is 0 Å². The monoisotopic (exact) mass is 246 g/mol. The van der Waals surface area contributed by atoms with Gasteiger partial charge in [-0.3, -0.25) is 0 Å². The third kappa shape index (κ3) is 6.23. The van der Waals surface area contributed by atoms with Gasteiger partial charge in [0, 0.05) is 0 Å². The van der Waals surface area contributed by atoms with Crippen LogP contribution in [0.2, 0.25) is 0 Å². The Bertz CT molecular complexity index is 312. The molecule has 0 spiro atoms. The minimum atomic E-state index is 0.760. The molecule has 0 aromatic heterocycles. The summed E-state index contributed by atoms with van der Waals surface area (Å²) in [4.78, 5) is 0. The van der Waals surface area contributed by atoms with E-state index in [4.69, 9.17) is 0 Å². The van der Waals surface area contributed by atoms with E-state index in [0.29, 0.717) is 0 Å². The molecule has 0 aliphatic rings. The highest BCUT2D eigenvalue weighted by molar-refractivity contribution is 5.27. The maximum Gasteiger partial charge on any atom is -0.0253 e. The van der Waals surface area contributed by atoms with Gasteiger partial charge in [-0.05, 0) is 36.3 Å². The van der Waals surface area contributed by atoms with Crippen LogP contribution in [0, 0.1) is 5.92 Å². The summed E-state index contributed by atoms with van der Waals surface area (Å²) in [5.41, 5.74) is 3.16. The number of rotatable bonds is 9. The molecule has 1 aromatic rings. The second-order valence-corrected chi connectivity index (χ2v) is 5.88. The zero-order valence-corrected chi connectivity index (χ0v) is 12.5. The Balaban J connectivity index is 2.32. The van der Waals surface area contributed by atoms with Crippen LogP contribution in [-0.4, -0.2) is 0 Å². The van der Waals surface area contributed by atoms with Gasteiger partial charge in [0.1, 0.15) is 0 Å². The van der Waals surface area contributed by atoms with Gasteiger partial charge in [-0.1, -0.05) is 77.1 Å². The standard InChI is InChI=1S/C18H30/c1-4-5-6-7-8-9-12-17-13-10-11-14-18(17)15-16(2)3/h10-11,13-14,16H,4-9,12,15H2,1-3H3. The van der Waals surface area contributed by atoms with Crippen molar-refractivity contribution in [2.24, 2.45) is 5.92 Å². The van der Waals surface area contributed by atoms with Crippen LogP contribution in [0.3, 0.4) is 0 Å². The second kappa shape index (κ2) is 9.19. The van der Waals surface area contributed by atoms with Crippen LogP contribution in [0.4, 0.5) is 0 Å². The van der Waals surface area contributed by atoms with Crippen molar-refractivity contribution >= 4 is 0 Å². The molecule has 0 unspecified atom stereocenters. The highest BCUT2D eigenvalue weighted by atomic mass is 14.1. The van der Waals surface area contributed by atoms with Gasteiger partial charge in [-0.15, -0.1) is 0 Å². The Morgan fingerprint density at radius 3 is 2.11 bits per heavy atom. The first-order valence-corrected chi connectivity index (χ1v) is 7.80.